The number of rotatable bonds is 5. The number of nitrogens with zero attached hydrogens (tertiary/aromatic N) is 2. The highest BCUT2D eigenvalue weighted by atomic mass is 16.1. The molecule has 0 aliphatic heterocycles. The summed E-state index contributed by atoms with van der Waals surface area (Å²) in [4.78, 5) is 16.3. The van der Waals surface area contributed by atoms with Gasteiger partial charge in [-0.15, -0.1) is 6.58 Å². The van der Waals surface area contributed by atoms with Crippen LogP contribution < -0.4 is 10.9 Å². The Bertz CT molecular complexity index is 574. The van der Waals surface area contributed by atoms with Crippen LogP contribution in [0.5, 0.6) is 0 Å². The Balaban J connectivity index is 2.21. The van der Waals surface area contributed by atoms with E-state index in [0.29, 0.717) is 11.9 Å². The standard InChI is InChI=1S/C13H15N3O/c1-2-7-14-8-9-16-10-15-12-6-4-3-5-11(12)13(16)17/h2-6,10,14H,1,7-9H2. The third kappa shape index (κ3) is 2.60. The van der Waals surface area contributed by atoms with E-state index in [4.69, 9.17) is 0 Å². The molecule has 4 heteroatoms. The molecule has 17 heavy (non-hydrogen) atoms. The molecule has 0 bridgehead atoms. The van der Waals surface area contributed by atoms with Gasteiger partial charge >= 0.3 is 0 Å². The molecular weight excluding hydrogens is 214 g/mol. The zero-order valence-electron chi connectivity index (χ0n) is 9.60. The van der Waals surface area contributed by atoms with Gasteiger partial charge in [0.15, 0.2) is 0 Å². The number of benzene rings is 1. The SMILES string of the molecule is C=CCNCCn1cnc2ccccc2c1=O. The molecule has 0 amide bonds. The molecule has 0 aliphatic carbocycles. The second-order valence-corrected chi connectivity index (χ2v) is 3.75. The smallest absolute Gasteiger partial charge is 0.261 e. The topological polar surface area (TPSA) is 46.9 Å². The summed E-state index contributed by atoms with van der Waals surface area (Å²) in [7, 11) is 0. The van der Waals surface area contributed by atoms with Gasteiger partial charge in [-0.2, -0.15) is 0 Å². The van der Waals surface area contributed by atoms with Crippen LogP contribution in [0.1, 0.15) is 0 Å². The van der Waals surface area contributed by atoms with Crippen molar-refractivity contribution in [2.24, 2.45) is 0 Å². The fourth-order valence-electron chi connectivity index (χ4n) is 1.67. The van der Waals surface area contributed by atoms with Crippen molar-refractivity contribution < 1.29 is 0 Å². The van der Waals surface area contributed by atoms with E-state index in [1.807, 2.05) is 18.2 Å². The number of hydrogen-bond acceptors (Lipinski definition) is 3. The first kappa shape index (κ1) is 11.5. The van der Waals surface area contributed by atoms with E-state index in [9.17, 15) is 4.79 Å². The minimum atomic E-state index is 0.0102. The summed E-state index contributed by atoms with van der Waals surface area (Å²) in [5.41, 5.74) is 0.754. The van der Waals surface area contributed by atoms with E-state index in [1.165, 1.54) is 0 Å². The highest BCUT2D eigenvalue weighted by Crippen LogP contribution is 2.04. The number of para-hydroxylation sites is 1. The quantitative estimate of drug-likeness (QED) is 0.618. The third-order valence-corrected chi connectivity index (χ3v) is 2.55. The molecule has 88 valence electrons. The molecule has 2 aromatic rings. The lowest BCUT2D eigenvalue weighted by molar-refractivity contribution is 0.606. The van der Waals surface area contributed by atoms with Gasteiger partial charge in [-0.25, -0.2) is 4.98 Å². The molecule has 4 nitrogen and oxygen atoms in total. The van der Waals surface area contributed by atoms with Crippen LogP contribution in [0.25, 0.3) is 10.9 Å². The normalized spacial score (nSPS) is 10.6. The van der Waals surface area contributed by atoms with Crippen molar-refractivity contribution in [1.82, 2.24) is 14.9 Å². The molecule has 0 saturated heterocycles. The van der Waals surface area contributed by atoms with Crippen molar-refractivity contribution in [1.29, 1.82) is 0 Å². The second-order valence-electron chi connectivity index (χ2n) is 3.75. The fraction of sp³-hybridized carbons (Fsp3) is 0.231. The average Bonchev–Trinajstić information content (AvgIpc) is 2.37. The molecule has 1 aromatic heterocycles. The van der Waals surface area contributed by atoms with Crippen LogP contribution >= 0.6 is 0 Å². The zero-order valence-corrected chi connectivity index (χ0v) is 9.60. The van der Waals surface area contributed by atoms with Gasteiger partial charge in [0, 0.05) is 19.6 Å². The van der Waals surface area contributed by atoms with Gasteiger partial charge in [0.2, 0.25) is 0 Å². The Kier molecular flexibility index (Phi) is 3.67. The van der Waals surface area contributed by atoms with Crippen LogP contribution in [0.4, 0.5) is 0 Å². The Morgan fingerprint density at radius 3 is 3.06 bits per heavy atom. The molecule has 1 aromatic carbocycles. The van der Waals surface area contributed by atoms with Crippen molar-refractivity contribution in [2.45, 2.75) is 6.54 Å². The lowest BCUT2D eigenvalue weighted by Gasteiger charge is -2.06. The highest BCUT2D eigenvalue weighted by molar-refractivity contribution is 5.76. The first-order valence-corrected chi connectivity index (χ1v) is 5.58. The van der Waals surface area contributed by atoms with Gasteiger partial charge in [-0.3, -0.25) is 9.36 Å². The van der Waals surface area contributed by atoms with Crippen LogP contribution in [-0.2, 0) is 6.54 Å². The van der Waals surface area contributed by atoms with Gasteiger partial charge in [0.05, 0.1) is 17.2 Å². The molecule has 0 aliphatic rings. The Hall–Kier alpha value is -1.94. The zero-order chi connectivity index (χ0) is 12.1. The maximum Gasteiger partial charge on any atom is 0.261 e. The monoisotopic (exact) mass is 229 g/mol. The molecule has 2 rings (SSSR count). The molecule has 0 atom stereocenters. The molecule has 0 spiro atoms. The first-order chi connectivity index (χ1) is 8.33. The van der Waals surface area contributed by atoms with Crippen LogP contribution in [0.3, 0.4) is 0 Å². The highest BCUT2D eigenvalue weighted by Gasteiger charge is 2.02. The minimum Gasteiger partial charge on any atom is -0.312 e. The van der Waals surface area contributed by atoms with Crippen molar-refractivity contribution in [2.75, 3.05) is 13.1 Å². The van der Waals surface area contributed by atoms with Gasteiger partial charge in [0.25, 0.3) is 5.56 Å². The summed E-state index contributed by atoms with van der Waals surface area (Å²) in [5.74, 6) is 0. The molecular formula is C13H15N3O. The summed E-state index contributed by atoms with van der Waals surface area (Å²) in [6, 6.07) is 7.38. The molecule has 0 fully saturated rings. The maximum atomic E-state index is 12.1. The lowest BCUT2D eigenvalue weighted by Crippen LogP contribution is -2.27. The number of nitrogens with one attached hydrogen (secondary N) is 1. The van der Waals surface area contributed by atoms with Crippen molar-refractivity contribution in [3.05, 3.63) is 53.6 Å². The number of hydrogen-bond donors (Lipinski definition) is 1. The Labute approximate surface area is 99.6 Å². The van der Waals surface area contributed by atoms with E-state index in [-0.39, 0.29) is 5.56 Å². The van der Waals surface area contributed by atoms with Gasteiger partial charge in [0.1, 0.15) is 0 Å². The van der Waals surface area contributed by atoms with Gasteiger partial charge in [-0.05, 0) is 12.1 Å². The van der Waals surface area contributed by atoms with Crippen LogP contribution in [0, 0.1) is 0 Å². The number of fused-ring (bicyclic) bond motifs is 1. The summed E-state index contributed by atoms with van der Waals surface area (Å²) in [5, 5.41) is 3.82. The molecule has 0 unspecified atom stereocenters. The van der Waals surface area contributed by atoms with Crippen molar-refractivity contribution >= 4 is 10.9 Å². The minimum absolute atomic E-state index is 0.0102. The lowest BCUT2D eigenvalue weighted by atomic mass is 10.2. The molecule has 1 heterocycles. The summed E-state index contributed by atoms with van der Waals surface area (Å²) in [6.07, 6.45) is 3.39. The molecule has 1 N–H and O–H groups in total. The van der Waals surface area contributed by atoms with Gasteiger partial charge in [-0.1, -0.05) is 18.2 Å². The summed E-state index contributed by atoms with van der Waals surface area (Å²) >= 11 is 0. The average molecular weight is 229 g/mol. The van der Waals surface area contributed by atoms with Crippen LogP contribution in [0.2, 0.25) is 0 Å². The van der Waals surface area contributed by atoms with E-state index >= 15 is 0 Å². The van der Waals surface area contributed by atoms with Gasteiger partial charge < -0.3 is 5.32 Å². The van der Waals surface area contributed by atoms with E-state index in [2.05, 4.69) is 16.9 Å². The Morgan fingerprint density at radius 1 is 1.41 bits per heavy atom. The van der Waals surface area contributed by atoms with Crippen LogP contribution in [0.15, 0.2) is 48.0 Å². The predicted molar refractivity (Wildman–Crippen MR) is 69.1 cm³/mol. The van der Waals surface area contributed by atoms with E-state index < -0.39 is 0 Å². The summed E-state index contributed by atoms with van der Waals surface area (Å²) < 4.78 is 1.62. The molecule has 0 radical (unpaired) electrons. The number of aromatic nitrogens is 2. The van der Waals surface area contributed by atoms with E-state index in [0.717, 1.165) is 18.6 Å². The predicted octanol–water partition coefficient (Wildman–Crippen LogP) is 1.17. The third-order valence-electron chi connectivity index (χ3n) is 2.55. The molecule has 0 saturated carbocycles. The van der Waals surface area contributed by atoms with Crippen LogP contribution in [-0.4, -0.2) is 22.6 Å². The Morgan fingerprint density at radius 2 is 2.24 bits per heavy atom. The summed E-state index contributed by atoms with van der Waals surface area (Å²) in [6.45, 7) is 5.71. The van der Waals surface area contributed by atoms with E-state index in [1.54, 1.807) is 23.0 Å². The second kappa shape index (κ2) is 5.41. The fourth-order valence-corrected chi connectivity index (χ4v) is 1.67. The largest absolute Gasteiger partial charge is 0.312 e. The van der Waals surface area contributed by atoms with Crippen molar-refractivity contribution in [3.63, 3.8) is 0 Å². The maximum absolute atomic E-state index is 12.1. The first-order valence-electron chi connectivity index (χ1n) is 5.58. The van der Waals surface area contributed by atoms with Crippen molar-refractivity contribution in [3.8, 4) is 0 Å².